The summed E-state index contributed by atoms with van der Waals surface area (Å²) in [4.78, 5) is 0. The normalized spacial score (nSPS) is 15.1. The Labute approximate surface area is 77.6 Å². The summed E-state index contributed by atoms with van der Waals surface area (Å²) in [5.74, 6) is 3.33. The lowest BCUT2D eigenvalue weighted by Gasteiger charge is -2.11. The Balaban J connectivity index is 3.28. The average molecular weight is 187 g/mol. The van der Waals surface area contributed by atoms with Gasteiger partial charge < -0.3 is 5.32 Å². The van der Waals surface area contributed by atoms with Gasteiger partial charge in [0.25, 0.3) is 0 Å². The van der Waals surface area contributed by atoms with Crippen LogP contribution < -0.4 is 5.32 Å². The Kier molecular flexibility index (Phi) is 7.12. The molecule has 1 N–H and O–H groups in total. The lowest BCUT2D eigenvalue weighted by molar-refractivity contribution is 0.543. The lowest BCUT2D eigenvalue weighted by atomic mass is 10.2. The summed E-state index contributed by atoms with van der Waals surface area (Å²) in [6, 6.07) is 0.419. The zero-order valence-electron chi connectivity index (χ0n) is 7.80. The number of terminal acetylenes is 1. The Morgan fingerprint density at radius 2 is 2.33 bits per heavy atom. The van der Waals surface area contributed by atoms with Gasteiger partial charge in [0.1, 0.15) is 0 Å². The van der Waals surface area contributed by atoms with Crippen LogP contribution in [0.3, 0.4) is 0 Å². The molecule has 0 saturated carbocycles. The zero-order valence-corrected chi connectivity index (χ0v) is 8.62. The Bertz CT molecular complexity index is 174. The molecule has 0 aromatic carbocycles. The van der Waals surface area contributed by atoms with Crippen LogP contribution in [-0.4, -0.2) is 28.8 Å². The van der Waals surface area contributed by atoms with E-state index in [1.54, 1.807) is 6.26 Å². The second-order valence-corrected chi connectivity index (χ2v) is 4.43. The van der Waals surface area contributed by atoms with Gasteiger partial charge in [-0.2, -0.15) is 0 Å². The van der Waals surface area contributed by atoms with E-state index < -0.39 is 10.8 Å². The second kappa shape index (κ2) is 7.33. The maximum atomic E-state index is 10.7. The Hall–Kier alpha value is -0.330. The molecule has 0 fully saturated rings. The standard InChI is InChI=1S/C9H17NOS/c1-4-5-7-10-9(2)6-8-12(3)11/h1,9-10H,5-8H2,2-3H3. The molecule has 2 unspecified atom stereocenters. The molecule has 0 radical (unpaired) electrons. The summed E-state index contributed by atoms with van der Waals surface area (Å²) in [5.41, 5.74) is 0. The molecule has 0 aliphatic rings. The minimum atomic E-state index is -0.674. The van der Waals surface area contributed by atoms with Gasteiger partial charge in [-0.25, -0.2) is 0 Å². The summed E-state index contributed by atoms with van der Waals surface area (Å²) in [5, 5.41) is 3.26. The van der Waals surface area contributed by atoms with Crippen LogP contribution in [0.1, 0.15) is 19.8 Å². The fourth-order valence-electron chi connectivity index (χ4n) is 0.836. The Morgan fingerprint density at radius 1 is 1.67 bits per heavy atom. The van der Waals surface area contributed by atoms with Crippen molar-refractivity contribution < 1.29 is 4.21 Å². The van der Waals surface area contributed by atoms with Crippen LogP contribution in [0.15, 0.2) is 0 Å². The second-order valence-electron chi connectivity index (χ2n) is 2.88. The molecule has 0 aromatic heterocycles. The minimum Gasteiger partial charge on any atom is -0.313 e. The first-order valence-electron chi connectivity index (χ1n) is 4.13. The molecule has 0 aliphatic carbocycles. The zero-order chi connectivity index (χ0) is 9.40. The quantitative estimate of drug-likeness (QED) is 0.491. The van der Waals surface area contributed by atoms with Crippen molar-refractivity contribution in [1.29, 1.82) is 0 Å². The van der Waals surface area contributed by atoms with E-state index in [0.29, 0.717) is 6.04 Å². The van der Waals surface area contributed by atoms with E-state index in [0.717, 1.165) is 25.1 Å². The van der Waals surface area contributed by atoms with Gasteiger partial charge in [0.15, 0.2) is 0 Å². The van der Waals surface area contributed by atoms with Crippen molar-refractivity contribution in [2.75, 3.05) is 18.6 Å². The highest BCUT2D eigenvalue weighted by molar-refractivity contribution is 7.84. The third-order valence-electron chi connectivity index (χ3n) is 1.60. The summed E-state index contributed by atoms with van der Waals surface area (Å²) in [7, 11) is -0.674. The molecule has 0 aliphatic heterocycles. The van der Waals surface area contributed by atoms with Crippen molar-refractivity contribution in [2.24, 2.45) is 0 Å². The van der Waals surface area contributed by atoms with Crippen molar-refractivity contribution in [2.45, 2.75) is 25.8 Å². The molecule has 0 spiro atoms. The van der Waals surface area contributed by atoms with Gasteiger partial charge in [0.2, 0.25) is 0 Å². The lowest BCUT2D eigenvalue weighted by Crippen LogP contribution is -2.28. The molecule has 0 heterocycles. The van der Waals surface area contributed by atoms with E-state index in [1.807, 2.05) is 0 Å². The molecule has 0 bridgehead atoms. The number of hydrogen-bond acceptors (Lipinski definition) is 2. The first-order valence-corrected chi connectivity index (χ1v) is 5.86. The summed E-state index contributed by atoms with van der Waals surface area (Å²) in [6.45, 7) is 2.94. The van der Waals surface area contributed by atoms with Crippen molar-refractivity contribution in [3.8, 4) is 12.3 Å². The smallest absolute Gasteiger partial charge is 0.0246 e. The first kappa shape index (κ1) is 11.7. The molecular weight excluding hydrogens is 170 g/mol. The van der Waals surface area contributed by atoms with Gasteiger partial charge in [0, 0.05) is 41.8 Å². The monoisotopic (exact) mass is 187 g/mol. The topological polar surface area (TPSA) is 29.1 Å². The molecule has 0 aromatic rings. The van der Waals surface area contributed by atoms with Crippen LogP contribution in [0.2, 0.25) is 0 Å². The minimum absolute atomic E-state index is 0.419. The SMILES string of the molecule is C#CCCNC(C)CCS(C)=O. The number of rotatable bonds is 6. The maximum absolute atomic E-state index is 10.7. The van der Waals surface area contributed by atoms with Crippen molar-refractivity contribution >= 4 is 10.8 Å². The molecule has 3 heteroatoms. The van der Waals surface area contributed by atoms with E-state index in [1.165, 1.54) is 0 Å². The molecule has 2 atom stereocenters. The van der Waals surface area contributed by atoms with Crippen LogP contribution in [0.25, 0.3) is 0 Å². The predicted octanol–water partition coefficient (Wildman–Crippen LogP) is 0.756. The van der Waals surface area contributed by atoms with E-state index >= 15 is 0 Å². The molecule has 0 rings (SSSR count). The fraction of sp³-hybridized carbons (Fsp3) is 0.778. The molecule has 70 valence electrons. The largest absolute Gasteiger partial charge is 0.313 e. The van der Waals surface area contributed by atoms with Gasteiger partial charge in [-0.05, 0) is 13.3 Å². The van der Waals surface area contributed by atoms with Crippen LogP contribution in [0, 0.1) is 12.3 Å². The van der Waals surface area contributed by atoms with E-state index in [-0.39, 0.29) is 0 Å². The maximum Gasteiger partial charge on any atom is 0.0246 e. The highest BCUT2D eigenvalue weighted by Crippen LogP contribution is 1.92. The third kappa shape index (κ3) is 7.77. The van der Waals surface area contributed by atoms with E-state index in [4.69, 9.17) is 6.42 Å². The first-order chi connectivity index (χ1) is 5.66. The summed E-state index contributed by atoms with van der Waals surface area (Å²) >= 11 is 0. The Morgan fingerprint density at radius 3 is 2.83 bits per heavy atom. The van der Waals surface area contributed by atoms with Crippen LogP contribution in [-0.2, 0) is 10.8 Å². The molecular formula is C9H17NOS. The third-order valence-corrected chi connectivity index (χ3v) is 2.41. The molecule has 0 saturated heterocycles. The van der Waals surface area contributed by atoms with Crippen LogP contribution in [0.5, 0.6) is 0 Å². The van der Waals surface area contributed by atoms with Gasteiger partial charge in [-0.15, -0.1) is 12.3 Å². The number of hydrogen-bond donors (Lipinski definition) is 1. The van der Waals surface area contributed by atoms with Gasteiger partial charge in [0.05, 0.1) is 0 Å². The predicted molar refractivity (Wildman–Crippen MR) is 54.5 cm³/mol. The fourth-order valence-corrected chi connectivity index (χ4v) is 1.52. The summed E-state index contributed by atoms with van der Waals surface area (Å²) < 4.78 is 10.7. The molecule has 12 heavy (non-hydrogen) atoms. The van der Waals surface area contributed by atoms with Gasteiger partial charge in [-0.1, -0.05) is 0 Å². The van der Waals surface area contributed by atoms with Crippen molar-refractivity contribution in [3.05, 3.63) is 0 Å². The van der Waals surface area contributed by atoms with Crippen molar-refractivity contribution in [1.82, 2.24) is 5.32 Å². The molecule has 0 amide bonds. The van der Waals surface area contributed by atoms with Gasteiger partial charge >= 0.3 is 0 Å². The molecule has 2 nitrogen and oxygen atoms in total. The van der Waals surface area contributed by atoms with Crippen LogP contribution in [0.4, 0.5) is 0 Å². The average Bonchev–Trinajstić information content (AvgIpc) is 2.01. The van der Waals surface area contributed by atoms with Crippen molar-refractivity contribution in [3.63, 3.8) is 0 Å². The highest BCUT2D eigenvalue weighted by atomic mass is 32.2. The van der Waals surface area contributed by atoms with E-state index in [9.17, 15) is 4.21 Å². The highest BCUT2D eigenvalue weighted by Gasteiger charge is 2.00. The summed E-state index contributed by atoms with van der Waals surface area (Å²) in [6.07, 6.45) is 8.54. The van der Waals surface area contributed by atoms with Gasteiger partial charge in [-0.3, -0.25) is 4.21 Å². The number of nitrogens with one attached hydrogen (secondary N) is 1. The van der Waals surface area contributed by atoms with E-state index in [2.05, 4.69) is 18.2 Å². The van der Waals surface area contributed by atoms with Crippen LogP contribution >= 0.6 is 0 Å².